The van der Waals surface area contributed by atoms with Crippen LogP contribution in [0.4, 0.5) is 4.39 Å². The zero-order valence-corrected chi connectivity index (χ0v) is 13.5. The van der Waals surface area contributed by atoms with Gasteiger partial charge in [-0.15, -0.1) is 0 Å². The van der Waals surface area contributed by atoms with Gasteiger partial charge in [0, 0.05) is 10.0 Å². The van der Waals surface area contributed by atoms with Crippen LogP contribution in [0.3, 0.4) is 0 Å². The third-order valence-corrected chi connectivity index (χ3v) is 4.26. The number of hydrogen-bond acceptors (Lipinski definition) is 2. The largest absolute Gasteiger partial charge is 0.225 e. The molecule has 0 atom stereocenters. The van der Waals surface area contributed by atoms with E-state index in [-0.39, 0.29) is 10.7 Å². The van der Waals surface area contributed by atoms with Crippen molar-refractivity contribution in [3.8, 4) is 11.4 Å². The first-order valence-electron chi connectivity index (χ1n) is 6.50. The van der Waals surface area contributed by atoms with E-state index >= 15 is 0 Å². The van der Waals surface area contributed by atoms with Crippen molar-refractivity contribution in [2.24, 2.45) is 0 Å². The van der Waals surface area contributed by atoms with Crippen LogP contribution in [0.1, 0.15) is 12.5 Å². The first-order valence-corrected chi connectivity index (χ1v) is 7.68. The lowest BCUT2D eigenvalue weighted by molar-refractivity contribution is 0.636. The maximum absolute atomic E-state index is 14.0. The lowest BCUT2D eigenvalue weighted by Gasteiger charge is -2.07. The minimum atomic E-state index is -0.413. The molecule has 0 unspecified atom stereocenters. The molecule has 2 nitrogen and oxygen atoms in total. The number of rotatable bonds is 2. The van der Waals surface area contributed by atoms with Crippen LogP contribution in [0.2, 0.25) is 5.15 Å². The van der Waals surface area contributed by atoms with Gasteiger partial charge in [0.1, 0.15) is 16.5 Å². The second-order valence-electron chi connectivity index (χ2n) is 4.64. The Morgan fingerprint density at radius 2 is 1.81 bits per heavy atom. The normalized spacial score (nSPS) is 11.0. The number of fused-ring (bicyclic) bond motifs is 1. The standard InChI is InChI=1S/C16H11BrClFN2/c1-2-9-3-5-10(6-4-9)16-20-14-12(19)8-7-11(17)13(14)15(18)21-16/h3-8H,2H2,1H3. The van der Waals surface area contributed by atoms with Crippen molar-refractivity contribution in [2.45, 2.75) is 13.3 Å². The summed E-state index contributed by atoms with van der Waals surface area (Å²) in [5.74, 6) is 0.0103. The van der Waals surface area contributed by atoms with Crippen LogP contribution in [-0.2, 0) is 6.42 Å². The molecular weight excluding hydrogens is 355 g/mol. The lowest BCUT2D eigenvalue weighted by Crippen LogP contribution is -1.95. The predicted molar refractivity (Wildman–Crippen MR) is 87.0 cm³/mol. The predicted octanol–water partition coefficient (Wildman–Crippen LogP) is 5.41. The molecule has 0 fully saturated rings. The van der Waals surface area contributed by atoms with Gasteiger partial charge >= 0.3 is 0 Å². The Morgan fingerprint density at radius 1 is 1.10 bits per heavy atom. The van der Waals surface area contributed by atoms with Crippen LogP contribution in [0.5, 0.6) is 0 Å². The van der Waals surface area contributed by atoms with Gasteiger partial charge in [-0.2, -0.15) is 0 Å². The molecular formula is C16H11BrClFN2. The van der Waals surface area contributed by atoms with E-state index < -0.39 is 5.82 Å². The summed E-state index contributed by atoms with van der Waals surface area (Å²) in [6, 6.07) is 10.8. The molecule has 0 aliphatic heterocycles. The van der Waals surface area contributed by atoms with Crippen LogP contribution in [0, 0.1) is 5.82 Å². The van der Waals surface area contributed by atoms with E-state index in [0.29, 0.717) is 15.7 Å². The van der Waals surface area contributed by atoms with Crippen molar-refractivity contribution in [1.82, 2.24) is 9.97 Å². The smallest absolute Gasteiger partial charge is 0.161 e. The average Bonchev–Trinajstić information content (AvgIpc) is 2.50. The van der Waals surface area contributed by atoms with Crippen molar-refractivity contribution in [2.75, 3.05) is 0 Å². The SMILES string of the molecule is CCc1ccc(-c2nc(Cl)c3c(Br)ccc(F)c3n2)cc1. The van der Waals surface area contributed by atoms with E-state index in [2.05, 4.69) is 32.8 Å². The van der Waals surface area contributed by atoms with Gasteiger partial charge in [0.2, 0.25) is 0 Å². The number of nitrogens with zero attached hydrogens (tertiary/aromatic N) is 2. The third kappa shape index (κ3) is 2.65. The molecule has 0 bridgehead atoms. The molecule has 21 heavy (non-hydrogen) atoms. The summed E-state index contributed by atoms with van der Waals surface area (Å²) in [6.07, 6.45) is 0.960. The van der Waals surface area contributed by atoms with E-state index in [1.54, 1.807) is 6.07 Å². The third-order valence-electron chi connectivity index (χ3n) is 3.33. The quantitative estimate of drug-likeness (QED) is 0.567. The zero-order chi connectivity index (χ0) is 15.0. The summed E-state index contributed by atoms with van der Waals surface area (Å²) in [6.45, 7) is 2.09. The van der Waals surface area contributed by atoms with Crippen molar-refractivity contribution >= 4 is 38.4 Å². The summed E-state index contributed by atoms with van der Waals surface area (Å²) in [7, 11) is 0. The molecule has 2 aromatic carbocycles. The van der Waals surface area contributed by atoms with Crippen LogP contribution < -0.4 is 0 Å². The van der Waals surface area contributed by atoms with Gasteiger partial charge < -0.3 is 0 Å². The van der Waals surface area contributed by atoms with Crippen LogP contribution in [-0.4, -0.2) is 9.97 Å². The first kappa shape index (κ1) is 14.4. The summed E-state index contributed by atoms with van der Waals surface area (Å²) in [4.78, 5) is 8.61. The molecule has 0 radical (unpaired) electrons. The highest BCUT2D eigenvalue weighted by atomic mass is 79.9. The summed E-state index contributed by atoms with van der Waals surface area (Å²) < 4.78 is 14.7. The van der Waals surface area contributed by atoms with E-state index in [1.165, 1.54) is 11.6 Å². The molecule has 5 heteroatoms. The van der Waals surface area contributed by atoms with E-state index in [0.717, 1.165) is 12.0 Å². The highest BCUT2D eigenvalue weighted by Gasteiger charge is 2.14. The summed E-state index contributed by atoms with van der Waals surface area (Å²) in [5, 5.41) is 0.728. The van der Waals surface area contributed by atoms with Gasteiger partial charge in [-0.25, -0.2) is 14.4 Å². The Morgan fingerprint density at radius 3 is 2.48 bits per heavy atom. The Labute approximate surface area is 135 Å². The van der Waals surface area contributed by atoms with Gasteiger partial charge in [-0.1, -0.05) is 42.8 Å². The summed E-state index contributed by atoms with van der Waals surface area (Å²) in [5.41, 5.74) is 2.26. The number of halogens is 3. The zero-order valence-electron chi connectivity index (χ0n) is 11.2. The monoisotopic (exact) mass is 364 g/mol. The van der Waals surface area contributed by atoms with Crippen LogP contribution >= 0.6 is 27.5 Å². The molecule has 0 aliphatic carbocycles. The maximum Gasteiger partial charge on any atom is 0.161 e. The minimum absolute atomic E-state index is 0.221. The highest BCUT2D eigenvalue weighted by Crippen LogP contribution is 2.32. The molecule has 1 heterocycles. The molecule has 0 N–H and O–H groups in total. The Balaban J connectivity index is 2.22. The second-order valence-corrected chi connectivity index (χ2v) is 5.85. The molecule has 0 amide bonds. The van der Waals surface area contributed by atoms with Gasteiger partial charge in [-0.05, 0) is 40.0 Å². The van der Waals surface area contributed by atoms with Gasteiger partial charge in [0.15, 0.2) is 5.82 Å². The van der Waals surface area contributed by atoms with E-state index in [9.17, 15) is 4.39 Å². The number of aryl methyl sites for hydroxylation is 1. The van der Waals surface area contributed by atoms with Crippen molar-refractivity contribution in [3.63, 3.8) is 0 Å². The van der Waals surface area contributed by atoms with Crippen LogP contribution in [0.15, 0.2) is 40.9 Å². The molecule has 1 aromatic heterocycles. The minimum Gasteiger partial charge on any atom is -0.225 e. The molecule has 0 saturated carbocycles. The van der Waals surface area contributed by atoms with Crippen molar-refractivity contribution in [1.29, 1.82) is 0 Å². The highest BCUT2D eigenvalue weighted by molar-refractivity contribution is 9.10. The fraction of sp³-hybridized carbons (Fsp3) is 0.125. The molecule has 0 aliphatic rings. The molecule has 0 saturated heterocycles. The van der Waals surface area contributed by atoms with Crippen molar-refractivity contribution in [3.05, 3.63) is 57.4 Å². The molecule has 106 valence electrons. The van der Waals surface area contributed by atoms with E-state index in [4.69, 9.17) is 11.6 Å². The number of aromatic nitrogens is 2. The van der Waals surface area contributed by atoms with Gasteiger partial charge in [0.25, 0.3) is 0 Å². The maximum atomic E-state index is 14.0. The number of benzene rings is 2. The van der Waals surface area contributed by atoms with Crippen LogP contribution in [0.25, 0.3) is 22.3 Å². The molecule has 0 spiro atoms. The van der Waals surface area contributed by atoms with E-state index in [1.807, 2.05) is 24.3 Å². The average molecular weight is 366 g/mol. The molecule has 3 rings (SSSR count). The fourth-order valence-electron chi connectivity index (χ4n) is 2.15. The Bertz CT molecular complexity index is 819. The first-order chi connectivity index (χ1) is 10.1. The lowest BCUT2D eigenvalue weighted by atomic mass is 10.1. The van der Waals surface area contributed by atoms with Gasteiger partial charge in [0.05, 0.1) is 5.39 Å². The Hall–Kier alpha value is -1.52. The topological polar surface area (TPSA) is 25.8 Å². The Kier molecular flexibility index (Phi) is 3.91. The molecule has 3 aromatic rings. The van der Waals surface area contributed by atoms with Gasteiger partial charge in [-0.3, -0.25) is 0 Å². The summed E-state index contributed by atoms with van der Waals surface area (Å²) >= 11 is 9.55. The number of hydrogen-bond donors (Lipinski definition) is 0. The van der Waals surface area contributed by atoms with Crippen molar-refractivity contribution < 1.29 is 4.39 Å². The fourth-order valence-corrected chi connectivity index (χ4v) is 3.04. The second kappa shape index (κ2) is 5.70.